The smallest absolute Gasteiger partial charge is 0.404 e. The summed E-state index contributed by atoms with van der Waals surface area (Å²) in [4.78, 5) is 25.9. The molecule has 0 saturated heterocycles. The van der Waals surface area contributed by atoms with E-state index in [1.165, 1.54) is 6.07 Å². The summed E-state index contributed by atoms with van der Waals surface area (Å²) in [7, 11) is -2.15. The summed E-state index contributed by atoms with van der Waals surface area (Å²) in [6, 6.07) is 17.2. The van der Waals surface area contributed by atoms with Gasteiger partial charge in [0, 0.05) is 24.5 Å². The Kier molecular flexibility index (Phi) is 9.53. The highest BCUT2D eigenvalue weighted by Crippen LogP contribution is 2.41. The van der Waals surface area contributed by atoms with Gasteiger partial charge in [-0.15, -0.1) is 0 Å². The van der Waals surface area contributed by atoms with Crippen molar-refractivity contribution in [2.75, 3.05) is 19.6 Å². The molecule has 0 saturated carbocycles. The number of H-pyrrole nitrogens is 1. The van der Waals surface area contributed by atoms with E-state index in [9.17, 15) is 9.59 Å². The molecule has 1 heterocycles. The van der Waals surface area contributed by atoms with Crippen molar-refractivity contribution in [3.8, 4) is 5.75 Å². The predicted octanol–water partition coefficient (Wildman–Crippen LogP) is 5.42. The lowest BCUT2D eigenvalue weighted by Gasteiger charge is -2.39. The first-order chi connectivity index (χ1) is 17.5. The van der Waals surface area contributed by atoms with Crippen LogP contribution in [0.5, 0.6) is 5.75 Å². The molecule has 0 aliphatic heterocycles. The average molecular weight is 526 g/mol. The molecule has 1 atom stereocenters. The molecule has 1 aromatic heterocycles. The Bertz CT molecular complexity index is 1240. The largest absolute Gasteiger partial charge is 0.487 e. The van der Waals surface area contributed by atoms with Crippen LogP contribution in [-0.2, 0) is 11.0 Å². The van der Waals surface area contributed by atoms with Crippen LogP contribution in [0.3, 0.4) is 0 Å². The van der Waals surface area contributed by atoms with E-state index in [0.717, 1.165) is 16.5 Å². The Balaban J connectivity index is 1.90. The van der Waals surface area contributed by atoms with Crippen molar-refractivity contribution in [1.29, 1.82) is 0 Å². The number of ether oxygens (including phenoxy) is 1. The molecule has 0 aliphatic carbocycles. The maximum Gasteiger partial charge on any atom is 0.404 e. The van der Waals surface area contributed by atoms with Crippen LogP contribution >= 0.6 is 0 Å². The second-order valence-corrected chi connectivity index (χ2v) is 15.5. The Morgan fingerprint density at radius 1 is 1.05 bits per heavy atom. The van der Waals surface area contributed by atoms with Gasteiger partial charge < -0.3 is 29.9 Å². The fourth-order valence-corrected chi connectivity index (χ4v) is 5.05. The number of hydrogen-bond donors (Lipinski definition) is 4. The normalized spacial score (nSPS) is 12.9. The van der Waals surface area contributed by atoms with Gasteiger partial charge >= 0.3 is 6.09 Å². The first-order valence-electron chi connectivity index (χ1n) is 12.7. The first-order valence-corrected chi connectivity index (χ1v) is 15.6. The number of aromatic nitrogens is 1. The molecule has 4 N–H and O–H groups in total. The molecular weight excluding hydrogens is 486 g/mol. The number of nitrogens with one attached hydrogen (secondary N) is 3. The van der Waals surface area contributed by atoms with E-state index in [1.54, 1.807) is 0 Å². The summed E-state index contributed by atoms with van der Waals surface area (Å²) >= 11 is 0. The van der Waals surface area contributed by atoms with E-state index in [-0.39, 0.29) is 16.7 Å². The maximum atomic E-state index is 12.3. The lowest BCUT2D eigenvalue weighted by atomic mass is 10.0. The van der Waals surface area contributed by atoms with Crippen molar-refractivity contribution in [2.24, 2.45) is 0 Å². The molecule has 2 aromatic carbocycles. The SMILES string of the molecule is CC(C)(C)[Si](C)(C)O[C@@H](CNCCCNC(=O)O)c1ccc(OCc2ccccc2)c2[nH]c(=O)ccc12. The molecule has 3 rings (SSSR count). The number of carbonyl (C=O) groups is 1. The maximum absolute atomic E-state index is 12.3. The van der Waals surface area contributed by atoms with Gasteiger partial charge in [0.2, 0.25) is 5.56 Å². The van der Waals surface area contributed by atoms with Crippen LogP contribution in [0.15, 0.2) is 59.4 Å². The number of benzene rings is 2. The molecule has 3 aromatic rings. The number of pyridine rings is 1. The Morgan fingerprint density at radius 3 is 2.46 bits per heavy atom. The van der Waals surface area contributed by atoms with E-state index in [1.807, 2.05) is 48.5 Å². The second-order valence-electron chi connectivity index (χ2n) is 10.7. The highest BCUT2D eigenvalue weighted by atomic mass is 28.4. The van der Waals surface area contributed by atoms with E-state index in [0.29, 0.717) is 43.9 Å². The summed E-state index contributed by atoms with van der Waals surface area (Å²) in [6.07, 6.45) is -0.613. The Labute approximate surface area is 219 Å². The van der Waals surface area contributed by atoms with Gasteiger partial charge in [-0.1, -0.05) is 57.2 Å². The van der Waals surface area contributed by atoms with Crippen LogP contribution in [0.2, 0.25) is 18.1 Å². The third-order valence-electron chi connectivity index (χ3n) is 6.85. The van der Waals surface area contributed by atoms with Gasteiger partial charge in [-0.25, -0.2) is 4.79 Å². The average Bonchev–Trinajstić information content (AvgIpc) is 2.83. The van der Waals surface area contributed by atoms with E-state index in [2.05, 4.69) is 49.5 Å². The topological polar surface area (TPSA) is 113 Å². The lowest BCUT2D eigenvalue weighted by Crippen LogP contribution is -2.43. The molecule has 0 fully saturated rings. The Morgan fingerprint density at radius 2 is 1.78 bits per heavy atom. The highest BCUT2D eigenvalue weighted by molar-refractivity contribution is 6.74. The highest BCUT2D eigenvalue weighted by Gasteiger charge is 2.39. The van der Waals surface area contributed by atoms with Crippen LogP contribution in [-0.4, -0.2) is 44.1 Å². The van der Waals surface area contributed by atoms with Crippen molar-refractivity contribution >= 4 is 25.3 Å². The van der Waals surface area contributed by atoms with E-state index in [4.69, 9.17) is 14.3 Å². The first kappa shape index (κ1) is 28.4. The van der Waals surface area contributed by atoms with Crippen LogP contribution in [0, 0.1) is 0 Å². The molecule has 0 aliphatic rings. The summed E-state index contributed by atoms with van der Waals surface area (Å²) in [5, 5.41) is 15.5. The summed E-state index contributed by atoms with van der Waals surface area (Å²) in [5.74, 6) is 0.610. The van der Waals surface area contributed by atoms with Crippen molar-refractivity contribution in [3.63, 3.8) is 0 Å². The van der Waals surface area contributed by atoms with Crippen molar-refractivity contribution in [1.82, 2.24) is 15.6 Å². The molecule has 200 valence electrons. The minimum Gasteiger partial charge on any atom is -0.487 e. The van der Waals surface area contributed by atoms with Gasteiger partial charge in [0.1, 0.15) is 12.4 Å². The molecule has 0 unspecified atom stereocenters. The minimum absolute atomic E-state index is 0.0134. The zero-order valence-corrected chi connectivity index (χ0v) is 23.4. The zero-order valence-electron chi connectivity index (χ0n) is 22.4. The van der Waals surface area contributed by atoms with E-state index >= 15 is 0 Å². The number of rotatable bonds is 12. The number of amides is 1. The van der Waals surface area contributed by atoms with Gasteiger partial charge in [-0.2, -0.15) is 0 Å². The lowest BCUT2D eigenvalue weighted by molar-refractivity contribution is 0.181. The summed E-state index contributed by atoms with van der Waals surface area (Å²) in [6.45, 7) is 13.0. The number of carboxylic acid groups (broad SMARTS) is 1. The molecule has 0 bridgehead atoms. The fourth-order valence-electron chi connectivity index (χ4n) is 3.77. The van der Waals surface area contributed by atoms with Gasteiger partial charge in [-0.3, -0.25) is 4.79 Å². The van der Waals surface area contributed by atoms with E-state index < -0.39 is 14.4 Å². The number of aromatic amines is 1. The standard InChI is InChI=1S/C28H39N3O5Si/c1-28(2,3)37(4,5)36-24(18-29-16-9-17-30-27(33)34)21-12-14-23(26-22(21)13-15-25(32)31-26)35-19-20-10-7-6-8-11-20/h6-8,10-15,24,29-30H,9,16-19H2,1-5H3,(H,31,32)(H,33,34)/t24-/m0/s1. The summed E-state index contributed by atoms with van der Waals surface area (Å²) in [5.41, 5.74) is 2.47. The van der Waals surface area contributed by atoms with Crippen molar-refractivity contribution < 1.29 is 19.1 Å². The van der Waals surface area contributed by atoms with Crippen molar-refractivity contribution in [3.05, 3.63) is 76.1 Å². The van der Waals surface area contributed by atoms with Gasteiger partial charge in [0.15, 0.2) is 8.32 Å². The van der Waals surface area contributed by atoms with Crippen molar-refractivity contribution in [2.45, 2.75) is 58.0 Å². The van der Waals surface area contributed by atoms with Crippen LogP contribution in [0.25, 0.3) is 10.9 Å². The molecule has 9 heteroatoms. The molecule has 0 spiro atoms. The monoisotopic (exact) mass is 525 g/mol. The third-order valence-corrected chi connectivity index (χ3v) is 11.3. The molecular formula is C28H39N3O5Si. The van der Waals surface area contributed by atoms with Crippen LogP contribution in [0.4, 0.5) is 4.79 Å². The fraction of sp³-hybridized carbons (Fsp3) is 0.429. The molecule has 1 amide bonds. The Hall–Kier alpha value is -3.14. The quantitative estimate of drug-likeness (QED) is 0.186. The summed E-state index contributed by atoms with van der Waals surface area (Å²) < 4.78 is 13.0. The van der Waals surface area contributed by atoms with Crippen LogP contribution < -0.4 is 20.9 Å². The number of fused-ring (bicyclic) bond motifs is 1. The molecule has 8 nitrogen and oxygen atoms in total. The minimum atomic E-state index is -2.15. The second kappa shape index (κ2) is 12.4. The van der Waals surface area contributed by atoms with Gasteiger partial charge in [0.05, 0.1) is 11.6 Å². The van der Waals surface area contributed by atoms with Crippen LogP contribution in [0.1, 0.15) is 44.4 Å². The van der Waals surface area contributed by atoms with Gasteiger partial charge in [0.25, 0.3) is 0 Å². The molecule has 37 heavy (non-hydrogen) atoms. The molecule has 0 radical (unpaired) electrons. The number of hydrogen-bond acceptors (Lipinski definition) is 5. The third kappa shape index (κ3) is 7.92. The van der Waals surface area contributed by atoms with Gasteiger partial charge in [-0.05, 0) is 54.4 Å². The zero-order chi connectivity index (χ0) is 27.1. The predicted molar refractivity (Wildman–Crippen MR) is 150 cm³/mol.